The molecule has 0 radical (unpaired) electrons. The summed E-state index contributed by atoms with van der Waals surface area (Å²) in [6.45, 7) is 5.27. The number of hydrogen-bond acceptors (Lipinski definition) is 4. The summed E-state index contributed by atoms with van der Waals surface area (Å²) >= 11 is 0. The predicted octanol–water partition coefficient (Wildman–Crippen LogP) is 10.4. The van der Waals surface area contributed by atoms with Crippen molar-refractivity contribution < 1.29 is 4.74 Å². The molecule has 1 aromatic heterocycles. The Bertz CT molecular complexity index is 2270. The van der Waals surface area contributed by atoms with Crippen LogP contribution in [0.25, 0.3) is 67.5 Å². The second kappa shape index (κ2) is 10.6. The third-order valence-corrected chi connectivity index (χ3v) is 9.59. The van der Waals surface area contributed by atoms with Crippen LogP contribution in [0, 0.1) is 0 Å². The van der Waals surface area contributed by atoms with E-state index in [4.69, 9.17) is 19.7 Å². The van der Waals surface area contributed by atoms with Crippen molar-refractivity contribution in [2.24, 2.45) is 0 Å². The van der Waals surface area contributed by atoms with Gasteiger partial charge in [0, 0.05) is 27.7 Å². The van der Waals surface area contributed by atoms with Crippen molar-refractivity contribution in [3.8, 4) is 73.3 Å². The van der Waals surface area contributed by atoms with E-state index in [-0.39, 0.29) is 5.41 Å². The maximum atomic E-state index is 6.32. The minimum atomic E-state index is -0.118. The Morgan fingerprint density at radius 3 is 1.81 bits per heavy atom. The van der Waals surface area contributed by atoms with Gasteiger partial charge in [0.05, 0.1) is 0 Å². The van der Waals surface area contributed by atoms with Crippen LogP contribution in [0.15, 0.2) is 140 Å². The van der Waals surface area contributed by atoms with Crippen molar-refractivity contribution in [3.63, 3.8) is 0 Å². The monoisotopic (exact) mass is 605 g/mol. The van der Waals surface area contributed by atoms with Gasteiger partial charge in [0.15, 0.2) is 17.5 Å². The lowest BCUT2D eigenvalue weighted by molar-refractivity contribution is 0.302. The molecule has 4 heteroatoms. The van der Waals surface area contributed by atoms with Crippen LogP contribution in [-0.2, 0) is 12.0 Å². The quantitative estimate of drug-likeness (QED) is 0.200. The fourth-order valence-corrected chi connectivity index (χ4v) is 7.31. The Morgan fingerprint density at radius 2 is 1.09 bits per heavy atom. The molecule has 0 atom stereocenters. The second-order valence-corrected chi connectivity index (χ2v) is 12.8. The fourth-order valence-electron chi connectivity index (χ4n) is 7.31. The molecular weight excluding hydrogens is 574 g/mol. The molecule has 0 saturated carbocycles. The van der Waals surface area contributed by atoms with Gasteiger partial charge in [0.1, 0.15) is 12.4 Å². The highest BCUT2D eigenvalue weighted by atomic mass is 16.5. The normalized spacial score (nSPS) is 13.6. The molecule has 0 saturated heterocycles. The largest absolute Gasteiger partial charge is 0.488 e. The molecule has 0 fully saturated rings. The summed E-state index contributed by atoms with van der Waals surface area (Å²) in [5.74, 6) is 2.87. The summed E-state index contributed by atoms with van der Waals surface area (Å²) in [5.41, 5.74) is 14.0. The zero-order valence-corrected chi connectivity index (χ0v) is 26.2. The maximum Gasteiger partial charge on any atom is 0.164 e. The highest BCUT2D eigenvalue weighted by Gasteiger charge is 2.39. The van der Waals surface area contributed by atoms with Crippen molar-refractivity contribution in [2.45, 2.75) is 25.9 Å². The van der Waals surface area contributed by atoms with Crippen LogP contribution in [0.4, 0.5) is 0 Å². The van der Waals surface area contributed by atoms with Crippen LogP contribution in [0.2, 0.25) is 0 Å². The summed E-state index contributed by atoms with van der Waals surface area (Å²) < 4.78 is 6.32. The highest BCUT2D eigenvalue weighted by Crippen LogP contribution is 2.55. The maximum absolute atomic E-state index is 6.32. The first kappa shape index (κ1) is 27.4. The van der Waals surface area contributed by atoms with Crippen LogP contribution < -0.4 is 4.74 Å². The van der Waals surface area contributed by atoms with E-state index in [9.17, 15) is 0 Å². The van der Waals surface area contributed by atoms with Gasteiger partial charge in [-0.1, -0.05) is 135 Å². The molecule has 2 aliphatic rings. The van der Waals surface area contributed by atoms with Crippen LogP contribution in [0.3, 0.4) is 0 Å². The standard InChI is InChI=1S/C43H31N3O/c1-43(2)36-19-10-9-18-33(36)34-22-20-32-26-47-37-23-21-30(25-35(37)38(32)39(34)43)29-16-11-17-31(24-29)42-45-40(27-12-5-3-6-13-27)44-41(46-42)28-14-7-4-8-15-28/h3-25H,26H2,1-2H3. The van der Waals surface area contributed by atoms with E-state index in [1.807, 2.05) is 60.7 Å². The van der Waals surface area contributed by atoms with Crippen molar-refractivity contribution in [3.05, 3.63) is 156 Å². The van der Waals surface area contributed by atoms with E-state index in [1.54, 1.807) is 0 Å². The molecule has 224 valence electrons. The second-order valence-electron chi connectivity index (χ2n) is 12.8. The van der Waals surface area contributed by atoms with E-state index in [0.717, 1.165) is 39.1 Å². The lowest BCUT2D eigenvalue weighted by Crippen LogP contribution is -2.18. The molecular formula is C43H31N3O. The number of benzene rings is 6. The summed E-state index contributed by atoms with van der Waals surface area (Å²) in [6.07, 6.45) is 0. The number of rotatable bonds is 4. The average molecular weight is 606 g/mol. The molecule has 0 bridgehead atoms. The molecule has 47 heavy (non-hydrogen) atoms. The van der Waals surface area contributed by atoms with Gasteiger partial charge in [-0.15, -0.1) is 0 Å². The first-order valence-electron chi connectivity index (χ1n) is 16.1. The molecule has 9 rings (SSSR count). The fraction of sp³-hybridized carbons (Fsp3) is 0.0930. The van der Waals surface area contributed by atoms with Crippen molar-refractivity contribution in [2.75, 3.05) is 0 Å². The van der Waals surface area contributed by atoms with E-state index in [0.29, 0.717) is 24.1 Å². The third-order valence-electron chi connectivity index (χ3n) is 9.59. The number of ether oxygens (including phenoxy) is 1. The average Bonchev–Trinajstić information content (AvgIpc) is 3.38. The van der Waals surface area contributed by atoms with Gasteiger partial charge in [-0.3, -0.25) is 0 Å². The van der Waals surface area contributed by atoms with Gasteiger partial charge in [0.25, 0.3) is 0 Å². The molecule has 0 N–H and O–H groups in total. The van der Waals surface area contributed by atoms with E-state index < -0.39 is 0 Å². The molecule has 1 aliphatic heterocycles. The van der Waals surface area contributed by atoms with Crippen LogP contribution >= 0.6 is 0 Å². The van der Waals surface area contributed by atoms with E-state index in [2.05, 4.69) is 92.7 Å². The van der Waals surface area contributed by atoms with Crippen molar-refractivity contribution in [1.82, 2.24) is 15.0 Å². The molecule has 0 unspecified atom stereocenters. The molecule has 0 amide bonds. The zero-order valence-electron chi connectivity index (χ0n) is 26.2. The predicted molar refractivity (Wildman–Crippen MR) is 189 cm³/mol. The molecule has 1 aliphatic carbocycles. The first-order valence-corrected chi connectivity index (χ1v) is 16.1. The van der Waals surface area contributed by atoms with Gasteiger partial charge in [-0.2, -0.15) is 0 Å². The minimum absolute atomic E-state index is 0.118. The van der Waals surface area contributed by atoms with Crippen molar-refractivity contribution in [1.29, 1.82) is 0 Å². The summed E-state index contributed by atoms with van der Waals surface area (Å²) in [4.78, 5) is 14.8. The Labute approximate surface area is 274 Å². The Morgan fingerprint density at radius 1 is 0.489 bits per heavy atom. The van der Waals surface area contributed by atoms with Gasteiger partial charge in [-0.25, -0.2) is 15.0 Å². The zero-order chi connectivity index (χ0) is 31.5. The lowest BCUT2D eigenvalue weighted by atomic mass is 9.76. The Hall–Kier alpha value is -5.87. The minimum Gasteiger partial charge on any atom is -0.488 e. The van der Waals surface area contributed by atoms with Gasteiger partial charge in [-0.05, 0) is 62.7 Å². The summed E-state index contributed by atoms with van der Waals surface area (Å²) in [7, 11) is 0. The topological polar surface area (TPSA) is 47.9 Å². The van der Waals surface area contributed by atoms with Crippen molar-refractivity contribution >= 4 is 0 Å². The van der Waals surface area contributed by atoms with E-state index >= 15 is 0 Å². The number of nitrogens with zero attached hydrogens (tertiary/aromatic N) is 3. The smallest absolute Gasteiger partial charge is 0.164 e. The first-order chi connectivity index (χ1) is 23.0. The molecule has 7 aromatic rings. The Balaban J connectivity index is 1.17. The number of fused-ring (bicyclic) bond motifs is 7. The van der Waals surface area contributed by atoms with Gasteiger partial charge < -0.3 is 4.74 Å². The Kier molecular flexibility index (Phi) is 6.19. The molecule has 0 spiro atoms. The number of aromatic nitrogens is 3. The molecule has 4 nitrogen and oxygen atoms in total. The lowest BCUT2D eigenvalue weighted by Gasteiger charge is -2.30. The SMILES string of the molecule is CC1(C)c2ccccc2-c2ccc3c(c21)-c1cc(-c2cccc(-c4nc(-c5ccccc5)nc(-c5ccccc5)n4)c2)ccc1OC3. The van der Waals surface area contributed by atoms with Crippen LogP contribution in [0.5, 0.6) is 5.75 Å². The highest BCUT2D eigenvalue weighted by molar-refractivity contribution is 5.92. The third kappa shape index (κ3) is 4.48. The van der Waals surface area contributed by atoms with Crippen LogP contribution in [0.1, 0.15) is 30.5 Å². The summed E-state index contributed by atoms with van der Waals surface area (Å²) in [5, 5.41) is 0. The molecule has 2 heterocycles. The van der Waals surface area contributed by atoms with E-state index in [1.165, 1.54) is 33.4 Å². The van der Waals surface area contributed by atoms with Gasteiger partial charge in [0.2, 0.25) is 0 Å². The summed E-state index contributed by atoms with van der Waals surface area (Å²) in [6, 6.07) is 48.6. The number of hydrogen-bond donors (Lipinski definition) is 0. The van der Waals surface area contributed by atoms with Gasteiger partial charge >= 0.3 is 0 Å². The van der Waals surface area contributed by atoms with Crippen LogP contribution in [-0.4, -0.2) is 15.0 Å². The molecule has 6 aromatic carbocycles.